The minimum Gasteiger partial charge on any atom is -0.477 e. The standard InChI is InChI=1S/C20H26N4O5S2/c1-8(2)21-17(26)12-7-30-20(22-12)23-5-11(6-23)31-16-9(3)14-13(10(4)25)18(27)24(14)15(16)19(28)29/h7-11,13-14,25H,5-6H2,1-4H3,(H,21,26)(H,28,29)/t9-,10?,13?,14?/m1/s1. The quantitative estimate of drug-likeness (QED) is 0.515. The van der Waals surface area contributed by atoms with Crippen molar-refractivity contribution in [1.82, 2.24) is 15.2 Å². The summed E-state index contributed by atoms with van der Waals surface area (Å²) < 4.78 is 0. The topological polar surface area (TPSA) is 123 Å². The van der Waals surface area contributed by atoms with Gasteiger partial charge in [-0.05, 0) is 20.8 Å². The number of carboxylic acid groups (broad SMARTS) is 1. The normalized spacial score (nSPS) is 26.6. The lowest BCUT2D eigenvalue weighted by Gasteiger charge is -2.46. The van der Waals surface area contributed by atoms with Crippen LogP contribution in [-0.4, -0.2) is 74.4 Å². The number of carbonyl (C=O) groups is 3. The molecule has 0 spiro atoms. The van der Waals surface area contributed by atoms with Crippen molar-refractivity contribution in [2.75, 3.05) is 18.0 Å². The fourth-order valence-corrected chi connectivity index (χ4v) is 6.72. The molecule has 3 N–H and O–H groups in total. The molecule has 4 rings (SSSR count). The molecule has 9 nitrogen and oxygen atoms in total. The first-order valence-electron chi connectivity index (χ1n) is 10.3. The number of hydrogen-bond acceptors (Lipinski definition) is 8. The zero-order valence-corrected chi connectivity index (χ0v) is 19.4. The zero-order chi connectivity index (χ0) is 22.6. The monoisotopic (exact) mass is 466 g/mol. The Morgan fingerprint density at radius 2 is 2.00 bits per heavy atom. The van der Waals surface area contributed by atoms with Gasteiger partial charge in [-0.3, -0.25) is 9.59 Å². The summed E-state index contributed by atoms with van der Waals surface area (Å²) in [5, 5.41) is 25.2. The Hall–Kier alpha value is -2.11. The van der Waals surface area contributed by atoms with Crippen LogP contribution in [0.25, 0.3) is 0 Å². The van der Waals surface area contributed by atoms with E-state index in [-0.39, 0.29) is 40.8 Å². The van der Waals surface area contributed by atoms with Gasteiger partial charge in [0.05, 0.1) is 18.1 Å². The van der Waals surface area contributed by atoms with Crippen molar-refractivity contribution >= 4 is 46.0 Å². The second-order valence-electron chi connectivity index (χ2n) is 8.56. The molecule has 0 aromatic carbocycles. The van der Waals surface area contributed by atoms with Crippen LogP contribution >= 0.6 is 23.1 Å². The van der Waals surface area contributed by atoms with Crippen molar-refractivity contribution in [3.8, 4) is 0 Å². The van der Waals surface area contributed by atoms with Crippen LogP contribution < -0.4 is 10.2 Å². The maximum atomic E-state index is 12.4. The van der Waals surface area contributed by atoms with E-state index in [1.807, 2.05) is 20.8 Å². The number of nitrogens with one attached hydrogen (secondary N) is 1. The molecule has 0 saturated carbocycles. The van der Waals surface area contributed by atoms with E-state index in [0.29, 0.717) is 23.7 Å². The van der Waals surface area contributed by atoms with Crippen molar-refractivity contribution in [1.29, 1.82) is 0 Å². The molecule has 31 heavy (non-hydrogen) atoms. The number of rotatable bonds is 7. The Labute approximate surface area is 188 Å². The van der Waals surface area contributed by atoms with E-state index in [0.717, 1.165) is 5.13 Å². The lowest BCUT2D eigenvalue weighted by atomic mass is 9.79. The van der Waals surface area contributed by atoms with Crippen molar-refractivity contribution in [3.63, 3.8) is 0 Å². The summed E-state index contributed by atoms with van der Waals surface area (Å²) in [6.07, 6.45) is -0.804. The van der Waals surface area contributed by atoms with E-state index in [1.165, 1.54) is 28.0 Å². The Morgan fingerprint density at radius 3 is 2.58 bits per heavy atom. The smallest absolute Gasteiger partial charge is 0.353 e. The molecule has 0 aliphatic carbocycles. The van der Waals surface area contributed by atoms with Gasteiger partial charge in [0.25, 0.3) is 5.91 Å². The fraction of sp³-hybridized carbons (Fsp3) is 0.600. The summed E-state index contributed by atoms with van der Waals surface area (Å²) in [4.78, 5) is 45.0. The van der Waals surface area contributed by atoms with Crippen LogP contribution in [0, 0.1) is 11.8 Å². The fourth-order valence-electron chi connectivity index (χ4n) is 4.38. The highest BCUT2D eigenvalue weighted by Crippen LogP contribution is 2.52. The van der Waals surface area contributed by atoms with Crippen LogP contribution in [-0.2, 0) is 9.59 Å². The van der Waals surface area contributed by atoms with Gasteiger partial charge in [0.15, 0.2) is 5.13 Å². The number of aliphatic carboxylic acids is 1. The number of aliphatic hydroxyl groups is 1. The lowest BCUT2D eigenvalue weighted by molar-refractivity contribution is -0.163. The average Bonchev–Trinajstić information content (AvgIpc) is 3.19. The summed E-state index contributed by atoms with van der Waals surface area (Å²) in [7, 11) is 0. The van der Waals surface area contributed by atoms with Crippen LogP contribution in [0.15, 0.2) is 16.0 Å². The molecule has 0 radical (unpaired) electrons. The minimum atomic E-state index is -1.11. The highest BCUT2D eigenvalue weighted by atomic mass is 32.2. The Morgan fingerprint density at radius 1 is 1.32 bits per heavy atom. The molecule has 2 fully saturated rings. The third kappa shape index (κ3) is 3.72. The number of hydrogen-bond donors (Lipinski definition) is 3. The number of aliphatic hydroxyl groups excluding tert-OH is 1. The van der Waals surface area contributed by atoms with Crippen LogP contribution in [0.5, 0.6) is 0 Å². The van der Waals surface area contributed by atoms with E-state index in [4.69, 9.17) is 0 Å². The van der Waals surface area contributed by atoms with Crippen molar-refractivity contribution in [3.05, 3.63) is 21.7 Å². The molecular weight excluding hydrogens is 440 g/mol. The van der Waals surface area contributed by atoms with Crippen molar-refractivity contribution < 1.29 is 24.6 Å². The number of carboxylic acids is 1. The maximum absolute atomic E-state index is 12.4. The third-order valence-electron chi connectivity index (χ3n) is 5.87. The molecule has 2 amide bonds. The minimum absolute atomic E-state index is 0.0406. The number of amides is 2. The van der Waals surface area contributed by atoms with Gasteiger partial charge in [-0.2, -0.15) is 0 Å². The summed E-state index contributed by atoms with van der Waals surface area (Å²) >= 11 is 2.91. The van der Waals surface area contributed by atoms with Gasteiger partial charge in [-0.15, -0.1) is 23.1 Å². The van der Waals surface area contributed by atoms with Gasteiger partial charge in [0.1, 0.15) is 11.4 Å². The number of anilines is 1. The number of nitrogens with zero attached hydrogens (tertiary/aromatic N) is 3. The third-order valence-corrected chi connectivity index (χ3v) is 8.22. The second-order valence-corrected chi connectivity index (χ2v) is 10.7. The predicted octanol–water partition coefficient (Wildman–Crippen LogP) is 1.36. The number of thiazole rings is 1. The van der Waals surface area contributed by atoms with Crippen LogP contribution in [0.4, 0.5) is 5.13 Å². The molecule has 3 unspecified atom stereocenters. The van der Waals surface area contributed by atoms with Gasteiger partial charge in [0.2, 0.25) is 5.91 Å². The van der Waals surface area contributed by atoms with Crippen LogP contribution in [0.1, 0.15) is 38.2 Å². The molecule has 3 aliphatic heterocycles. The van der Waals surface area contributed by atoms with Crippen LogP contribution in [0.2, 0.25) is 0 Å². The van der Waals surface area contributed by atoms with Crippen molar-refractivity contribution in [2.24, 2.45) is 11.8 Å². The summed E-state index contributed by atoms with van der Waals surface area (Å²) in [6, 6.07) is -0.253. The van der Waals surface area contributed by atoms with Gasteiger partial charge >= 0.3 is 5.97 Å². The highest BCUT2D eigenvalue weighted by molar-refractivity contribution is 8.03. The molecule has 2 saturated heterocycles. The van der Waals surface area contributed by atoms with Gasteiger partial charge in [-0.1, -0.05) is 6.92 Å². The molecule has 1 aromatic rings. The van der Waals surface area contributed by atoms with Gasteiger partial charge in [-0.25, -0.2) is 9.78 Å². The molecule has 11 heteroatoms. The maximum Gasteiger partial charge on any atom is 0.353 e. The predicted molar refractivity (Wildman–Crippen MR) is 118 cm³/mol. The zero-order valence-electron chi connectivity index (χ0n) is 17.7. The van der Waals surface area contributed by atoms with Gasteiger partial charge < -0.3 is 25.3 Å². The van der Waals surface area contributed by atoms with E-state index in [1.54, 1.807) is 12.3 Å². The van der Waals surface area contributed by atoms with E-state index < -0.39 is 18.0 Å². The van der Waals surface area contributed by atoms with Crippen molar-refractivity contribution in [2.45, 2.75) is 51.1 Å². The first kappa shape index (κ1) is 22.1. The van der Waals surface area contributed by atoms with Gasteiger partial charge in [0, 0.05) is 40.6 Å². The molecule has 0 bridgehead atoms. The molecule has 1 aromatic heterocycles. The second kappa shape index (κ2) is 8.10. The molecule has 4 atom stereocenters. The number of fused-ring (bicyclic) bond motifs is 1. The Kier molecular flexibility index (Phi) is 5.78. The molecule has 168 valence electrons. The number of carbonyl (C=O) groups excluding carboxylic acids is 2. The summed E-state index contributed by atoms with van der Waals surface area (Å²) in [5.41, 5.74) is 0.460. The molecule has 3 aliphatic rings. The molecular formula is C20H26N4O5S2. The first-order chi connectivity index (χ1) is 14.6. The highest BCUT2D eigenvalue weighted by Gasteiger charge is 2.60. The Bertz CT molecular complexity index is 953. The van der Waals surface area contributed by atoms with E-state index >= 15 is 0 Å². The van der Waals surface area contributed by atoms with E-state index in [9.17, 15) is 24.6 Å². The summed E-state index contributed by atoms with van der Waals surface area (Å²) in [6.45, 7) is 8.66. The molecule has 4 heterocycles. The van der Waals surface area contributed by atoms with Crippen LogP contribution in [0.3, 0.4) is 0 Å². The average molecular weight is 467 g/mol. The summed E-state index contributed by atoms with van der Waals surface area (Å²) in [5.74, 6) is -2.29. The largest absolute Gasteiger partial charge is 0.477 e. The number of aromatic nitrogens is 1. The number of thioether (sulfide) groups is 1. The lowest BCUT2D eigenvalue weighted by Crippen LogP contribution is -2.63. The van der Waals surface area contributed by atoms with E-state index in [2.05, 4.69) is 15.2 Å². The number of β-lactam (4-membered cyclic amide) rings is 1. The SMILES string of the molecule is CC(C)NC(=O)c1csc(N2CC(SC3=C(C(=O)O)N4C(=O)C(C(C)O)C4[C@H]3C)C2)n1. The first-order valence-corrected chi connectivity index (χ1v) is 12.0. The Balaban J connectivity index is 1.41.